The molecule has 7 rings (SSSR count). The first-order valence-electron chi connectivity index (χ1n) is 20.6. The van der Waals surface area contributed by atoms with Gasteiger partial charge in [0.05, 0.1) is 6.04 Å². The molecule has 5 N–H and O–H groups in total. The Hall–Kier alpha value is -3.70. The van der Waals surface area contributed by atoms with Crippen LogP contribution in [0.5, 0.6) is 0 Å². The highest BCUT2D eigenvalue weighted by Crippen LogP contribution is 2.65. The van der Waals surface area contributed by atoms with E-state index in [0.29, 0.717) is 30.7 Å². The second-order valence-corrected chi connectivity index (χ2v) is 19.2. The third kappa shape index (κ3) is 8.88. The number of piperidine rings is 1. The molecule has 6 saturated carbocycles. The molecule has 0 radical (unpaired) electrons. The van der Waals surface area contributed by atoms with Crippen molar-refractivity contribution < 1.29 is 28.8 Å². The number of amides is 6. The van der Waals surface area contributed by atoms with Crippen molar-refractivity contribution in [2.45, 2.75) is 147 Å². The van der Waals surface area contributed by atoms with Crippen molar-refractivity contribution in [3.05, 3.63) is 24.8 Å². The number of likely N-dealkylation sites (tertiary alicyclic amines) is 1. The monoisotopic (exact) mass is 748 g/mol. The first-order chi connectivity index (χ1) is 25.5. The zero-order chi connectivity index (χ0) is 39.0. The van der Waals surface area contributed by atoms with E-state index in [1.54, 1.807) is 11.0 Å². The molecule has 6 aliphatic carbocycles. The zero-order valence-corrected chi connectivity index (χ0v) is 33.1. The molecule has 1 heterocycles. The van der Waals surface area contributed by atoms with Crippen LogP contribution in [-0.2, 0) is 24.0 Å². The smallest absolute Gasteiger partial charge is 0.315 e. The molecule has 298 valence electrons. The van der Waals surface area contributed by atoms with Gasteiger partial charge in [-0.1, -0.05) is 45.3 Å². The summed E-state index contributed by atoms with van der Waals surface area (Å²) in [5.41, 5.74) is -0.786. The standard InChI is InChI=1S/C42H64N6O6/c1-7-8-15-30(35(50)37(52)43-17-12-16-31(49)46-40(2,3)4)44-36(51)34-32-29(41(32,5)6)24-48(34)38(53)33(28-13-10-9-11-14-28)45-39(54)47-42-21-25-18-26(22-42)20-27(19-25)23-42/h7,12,16,25-30,32-34H,1,8-11,13-15,17-24H2,2-6H3,(H,43,52)(H,44,51)(H,46,49)(H2,45,47,54)/b16-12+/t25?,26?,27?,29-,30-,32-,33-,34-,42?/m0/s1. The zero-order valence-electron chi connectivity index (χ0n) is 33.1. The van der Waals surface area contributed by atoms with Gasteiger partial charge in [-0.05, 0) is 126 Å². The van der Waals surface area contributed by atoms with Crippen LogP contribution in [-0.4, -0.2) is 82.6 Å². The summed E-state index contributed by atoms with van der Waals surface area (Å²) in [6, 6.07) is -2.99. The number of allylic oxidation sites excluding steroid dienone is 1. The molecule has 0 spiro atoms. The molecule has 6 amide bonds. The largest absolute Gasteiger partial charge is 0.348 e. The highest BCUT2D eigenvalue weighted by atomic mass is 16.2. The lowest BCUT2D eigenvalue weighted by atomic mass is 9.53. The molecule has 5 atom stereocenters. The molecule has 7 aliphatic rings. The number of carbonyl (C=O) groups is 6. The van der Waals surface area contributed by atoms with Crippen molar-refractivity contribution in [2.24, 2.45) is 40.9 Å². The predicted molar refractivity (Wildman–Crippen MR) is 206 cm³/mol. The van der Waals surface area contributed by atoms with Gasteiger partial charge in [0.15, 0.2) is 0 Å². The van der Waals surface area contributed by atoms with E-state index in [1.165, 1.54) is 31.4 Å². The summed E-state index contributed by atoms with van der Waals surface area (Å²) < 4.78 is 0. The molecule has 12 nitrogen and oxygen atoms in total. The first-order valence-corrected chi connectivity index (χ1v) is 20.6. The number of Topliss-reactive ketones (excluding diaryl/α,β-unsaturated/α-hetero) is 1. The molecule has 0 aromatic carbocycles. The molecule has 12 heteroatoms. The third-order valence-electron chi connectivity index (χ3n) is 13.5. The van der Waals surface area contributed by atoms with E-state index in [0.717, 1.165) is 51.4 Å². The summed E-state index contributed by atoms with van der Waals surface area (Å²) in [5.74, 6) is -0.712. The Bertz CT molecular complexity index is 1490. The van der Waals surface area contributed by atoms with E-state index in [-0.39, 0.29) is 59.5 Å². The number of carbonyl (C=O) groups excluding carboxylic acids is 6. The van der Waals surface area contributed by atoms with Crippen LogP contribution >= 0.6 is 0 Å². The van der Waals surface area contributed by atoms with Gasteiger partial charge in [0, 0.05) is 30.2 Å². The van der Waals surface area contributed by atoms with Gasteiger partial charge in [0.1, 0.15) is 12.1 Å². The van der Waals surface area contributed by atoms with E-state index < -0.39 is 41.3 Å². The Morgan fingerprint density at radius 2 is 1.54 bits per heavy atom. The number of hydrogen-bond acceptors (Lipinski definition) is 6. The predicted octanol–water partition coefficient (Wildman–Crippen LogP) is 4.29. The number of ketones is 1. The van der Waals surface area contributed by atoms with Gasteiger partial charge < -0.3 is 31.5 Å². The summed E-state index contributed by atoms with van der Waals surface area (Å²) in [7, 11) is 0. The molecular weight excluding hydrogens is 684 g/mol. The van der Waals surface area contributed by atoms with Crippen molar-refractivity contribution in [3.63, 3.8) is 0 Å². The average molecular weight is 749 g/mol. The Balaban J connectivity index is 1.14. The van der Waals surface area contributed by atoms with E-state index in [4.69, 9.17) is 0 Å². The quantitative estimate of drug-likeness (QED) is 0.101. The summed E-state index contributed by atoms with van der Waals surface area (Å²) >= 11 is 0. The van der Waals surface area contributed by atoms with Crippen LogP contribution in [0.4, 0.5) is 4.79 Å². The third-order valence-corrected chi connectivity index (χ3v) is 13.5. The Morgan fingerprint density at radius 1 is 0.907 bits per heavy atom. The average Bonchev–Trinajstić information content (AvgIpc) is 3.39. The van der Waals surface area contributed by atoms with Gasteiger partial charge in [-0.2, -0.15) is 0 Å². The van der Waals surface area contributed by atoms with Crippen molar-refractivity contribution in [1.29, 1.82) is 0 Å². The molecule has 0 unspecified atom stereocenters. The van der Waals surface area contributed by atoms with Crippen molar-refractivity contribution in [2.75, 3.05) is 13.1 Å². The molecule has 7 fully saturated rings. The van der Waals surface area contributed by atoms with Gasteiger partial charge in [0.2, 0.25) is 23.5 Å². The molecule has 0 aromatic heterocycles. The number of rotatable bonds is 14. The molecule has 0 aromatic rings. The fraction of sp³-hybridized carbons (Fsp3) is 0.762. The maximum atomic E-state index is 14.7. The highest BCUT2D eigenvalue weighted by Gasteiger charge is 2.70. The first kappa shape index (κ1) is 40.0. The van der Waals surface area contributed by atoms with Crippen molar-refractivity contribution in [1.82, 2.24) is 31.5 Å². The fourth-order valence-electron chi connectivity index (χ4n) is 11.3. The second kappa shape index (κ2) is 15.8. The van der Waals surface area contributed by atoms with E-state index >= 15 is 0 Å². The minimum Gasteiger partial charge on any atom is -0.348 e. The maximum absolute atomic E-state index is 14.7. The lowest BCUT2D eigenvalue weighted by Crippen LogP contribution is -2.64. The van der Waals surface area contributed by atoms with Gasteiger partial charge >= 0.3 is 6.03 Å². The summed E-state index contributed by atoms with van der Waals surface area (Å²) in [4.78, 5) is 83.1. The highest BCUT2D eigenvalue weighted by molar-refractivity contribution is 6.38. The number of nitrogens with zero attached hydrogens (tertiary/aromatic N) is 1. The molecular formula is C42H64N6O6. The van der Waals surface area contributed by atoms with Crippen molar-refractivity contribution in [3.8, 4) is 0 Å². The summed E-state index contributed by atoms with van der Waals surface area (Å²) in [6.07, 6.45) is 16.5. The van der Waals surface area contributed by atoms with E-state index in [9.17, 15) is 28.8 Å². The Labute approximate surface area is 321 Å². The van der Waals surface area contributed by atoms with Gasteiger partial charge in [-0.25, -0.2) is 4.79 Å². The number of nitrogens with one attached hydrogen (secondary N) is 5. The minimum atomic E-state index is -1.13. The number of fused-ring (bicyclic) bond motifs is 1. The molecule has 1 saturated heterocycles. The van der Waals surface area contributed by atoms with Crippen LogP contribution in [0, 0.1) is 40.9 Å². The van der Waals surface area contributed by atoms with E-state index in [2.05, 4.69) is 47.0 Å². The lowest BCUT2D eigenvalue weighted by molar-refractivity contribution is -0.144. The van der Waals surface area contributed by atoms with Crippen LogP contribution < -0.4 is 26.6 Å². The Morgan fingerprint density at radius 3 is 2.13 bits per heavy atom. The van der Waals surface area contributed by atoms with Crippen LogP contribution in [0.1, 0.15) is 118 Å². The van der Waals surface area contributed by atoms with Gasteiger partial charge in [-0.15, -0.1) is 6.58 Å². The maximum Gasteiger partial charge on any atom is 0.315 e. The molecule has 1 aliphatic heterocycles. The van der Waals surface area contributed by atoms with Crippen molar-refractivity contribution >= 4 is 35.4 Å². The normalized spacial score (nSPS) is 31.9. The van der Waals surface area contributed by atoms with E-state index in [1.807, 2.05) is 20.8 Å². The molecule has 54 heavy (non-hydrogen) atoms. The van der Waals surface area contributed by atoms with Gasteiger partial charge in [-0.3, -0.25) is 24.0 Å². The number of urea groups is 1. The van der Waals surface area contributed by atoms with Crippen LogP contribution in [0.3, 0.4) is 0 Å². The van der Waals surface area contributed by atoms with Crippen LogP contribution in [0.25, 0.3) is 0 Å². The molecule has 4 bridgehead atoms. The summed E-state index contributed by atoms with van der Waals surface area (Å²) in [5, 5.41) is 14.8. The van der Waals surface area contributed by atoms with Crippen LogP contribution in [0.15, 0.2) is 24.8 Å². The second-order valence-electron chi connectivity index (χ2n) is 19.2. The lowest BCUT2D eigenvalue weighted by Gasteiger charge is -2.56. The van der Waals surface area contributed by atoms with Gasteiger partial charge in [0.25, 0.3) is 5.91 Å². The topological polar surface area (TPSA) is 166 Å². The SMILES string of the molecule is C=CCC[C@H](NC(=O)[C@@H]1[C@@H]2[C@H](CN1C(=O)[C@@H](NC(=O)NC13CC4CC(CC(C4)C1)C3)C1CCCCC1)C2(C)C)C(=O)C(=O)NC/C=C/C(=O)NC(C)(C)C. The van der Waals surface area contributed by atoms with Crippen LogP contribution in [0.2, 0.25) is 0 Å². The Kier molecular flexibility index (Phi) is 11.7. The fourth-order valence-corrected chi connectivity index (χ4v) is 11.3. The number of hydrogen-bond donors (Lipinski definition) is 5. The summed E-state index contributed by atoms with van der Waals surface area (Å²) in [6.45, 7) is 13.9. The minimum absolute atomic E-state index is 0.0267.